The Kier molecular flexibility index (Phi) is 6.19. The van der Waals surface area contributed by atoms with Crippen molar-refractivity contribution in [2.24, 2.45) is 0 Å². The van der Waals surface area contributed by atoms with E-state index in [2.05, 4.69) is 21.2 Å². The molecule has 0 unspecified atom stereocenters. The second kappa shape index (κ2) is 7.67. The molecule has 0 saturated heterocycles. The third-order valence-corrected chi connectivity index (χ3v) is 4.48. The molecule has 1 nitrogen and oxygen atoms in total. The Morgan fingerprint density at radius 2 is 1.55 bits per heavy atom. The maximum Gasteiger partial charge on any atom is 0.0453 e. The average Bonchev–Trinajstić information content (AvgIpc) is 2.39. The fraction of sp³-hybridized carbons (Fsp3) is 0.200. The van der Waals surface area contributed by atoms with Crippen molar-refractivity contribution in [3.05, 3.63) is 67.1 Å². The molecule has 0 heterocycles. The molecule has 0 saturated carbocycles. The molecule has 20 heavy (non-hydrogen) atoms. The minimum Gasteiger partial charge on any atom is -0.312 e. The Labute approximate surface area is 142 Å². The van der Waals surface area contributed by atoms with Crippen LogP contribution in [0.5, 0.6) is 0 Å². The normalized spacial score (nSPS) is 10.8. The number of hydrogen-bond donors (Lipinski definition) is 1. The molecular formula is C15H13BrCl3N. The minimum absolute atomic E-state index is 0.664. The van der Waals surface area contributed by atoms with Crippen molar-refractivity contribution in [3.8, 4) is 0 Å². The van der Waals surface area contributed by atoms with E-state index in [4.69, 9.17) is 34.8 Å². The summed E-state index contributed by atoms with van der Waals surface area (Å²) in [4.78, 5) is 0. The highest BCUT2D eigenvalue weighted by Crippen LogP contribution is 2.22. The minimum atomic E-state index is 0.664. The van der Waals surface area contributed by atoms with E-state index in [1.165, 1.54) is 5.56 Å². The summed E-state index contributed by atoms with van der Waals surface area (Å²) < 4.78 is 1.02. The van der Waals surface area contributed by atoms with Crippen LogP contribution in [-0.4, -0.2) is 6.54 Å². The summed E-state index contributed by atoms with van der Waals surface area (Å²) >= 11 is 21.4. The molecule has 0 aromatic heterocycles. The molecule has 2 rings (SSSR count). The maximum absolute atomic E-state index is 6.13. The van der Waals surface area contributed by atoms with Crippen LogP contribution in [0, 0.1) is 0 Å². The van der Waals surface area contributed by atoms with Crippen molar-refractivity contribution < 1.29 is 0 Å². The summed E-state index contributed by atoms with van der Waals surface area (Å²) in [6.45, 7) is 1.62. The summed E-state index contributed by atoms with van der Waals surface area (Å²) in [6.07, 6.45) is 0.862. The Morgan fingerprint density at radius 3 is 2.20 bits per heavy atom. The summed E-state index contributed by atoms with van der Waals surface area (Å²) in [6, 6.07) is 11.4. The van der Waals surface area contributed by atoms with Gasteiger partial charge in [-0.25, -0.2) is 0 Å². The molecule has 0 fully saturated rings. The molecule has 0 aliphatic carbocycles. The van der Waals surface area contributed by atoms with Gasteiger partial charge in [0.2, 0.25) is 0 Å². The molecule has 106 valence electrons. The van der Waals surface area contributed by atoms with E-state index < -0.39 is 0 Å². The molecule has 1 N–H and O–H groups in total. The molecule has 0 bridgehead atoms. The fourth-order valence-electron chi connectivity index (χ4n) is 1.84. The van der Waals surface area contributed by atoms with Crippen LogP contribution in [0.4, 0.5) is 0 Å². The first-order valence-corrected chi connectivity index (χ1v) is 8.07. The quantitative estimate of drug-likeness (QED) is 0.639. The van der Waals surface area contributed by atoms with Gasteiger partial charge in [-0.3, -0.25) is 0 Å². The van der Waals surface area contributed by atoms with Crippen LogP contribution in [0.1, 0.15) is 11.1 Å². The highest BCUT2D eigenvalue weighted by molar-refractivity contribution is 9.10. The number of hydrogen-bond acceptors (Lipinski definition) is 1. The van der Waals surface area contributed by atoms with Crippen LogP contribution >= 0.6 is 50.7 Å². The molecular weight excluding hydrogens is 380 g/mol. The van der Waals surface area contributed by atoms with E-state index in [9.17, 15) is 0 Å². The third-order valence-electron chi connectivity index (χ3n) is 2.92. The Balaban J connectivity index is 1.84. The summed E-state index contributed by atoms with van der Waals surface area (Å²) in [5, 5.41) is 5.50. The lowest BCUT2D eigenvalue weighted by Crippen LogP contribution is -2.17. The molecule has 2 aromatic carbocycles. The van der Waals surface area contributed by atoms with Gasteiger partial charge in [-0.1, -0.05) is 62.9 Å². The van der Waals surface area contributed by atoms with Crippen molar-refractivity contribution >= 4 is 50.7 Å². The molecule has 0 spiro atoms. The van der Waals surface area contributed by atoms with E-state index in [1.807, 2.05) is 30.3 Å². The lowest BCUT2D eigenvalue weighted by molar-refractivity contribution is 0.685. The zero-order valence-electron chi connectivity index (χ0n) is 10.6. The van der Waals surface area contributed by atoms with Gasteiger partial charge in [0.15, 0.2) is 0 Å². The lowest BCUT2D eigenvalue weighted by atomic mass is 10.1. The zero-order valence-corrected chi connectivity index (χ0v) is 14.5. The first-order valence-electron chi connectivity index (χ1n) is 6.15. The predicted molar refractivity (Wildman–Crippen MR) is 91.0 cm³/mol. The SMILES string of the molecule is Clc1ccc(CCNCc2ccc(Cl)cc2Br)c(Cl)c1. The second-order valence-electron chi connectivity index (χ2n) is 4.40. The van der Waals surface area contributed by atoms with Gasteiger partial charge in [0.05, 0.1) is 0 Å². The van der Waals surface area contributed by atoms with Crippen LogP contribution in [-0.2, 0) is 13.0 Å². The largest absolute Gasteiger partial charge is 0.312 e. The Bertz CT molecular complexity index is 548. The lowest BCUT2D eigenvalue weighted by Gasteiger charge is -2.08. The van der Waals surface area contributed by atoms with Gasteiger partial charge in [0.1, 0.15) is 0 Å². The van der Waals surface area contributed by atoms with E-state index >= 15 is 0 Å². The highest BCUT2D eigenvalue weighted by Gasteiger charge is 2.03. The van der Waals surface area contributed by atoms with Crippen molar-refractivity contribution in [1.29, 1.82) is 0 Å². The van der Waals surface area contributed by atoms with Crippen LogP contribution in [0.25, 0.3) is 0 Å². The number of halogens is 4. The zero-order chi connectivity index (χ0) is 14.5. The van der Waals surface area contributed by atoms with Crippen molar-refractivity contribution in [2.45, 2.75) is 13.0 Å². The molecule has 5 heteroatoms. The van der Waals surface area contributed by atoms with Crippen molar-refractivity contribution in [1.82, 2.24) is 5.32 Å². The monoisotopic (exact) mass is 391 g/mol. The van der Waals surface area contributed by atoms with Gasteiger partial charge >= 0.3 is 0 Å². The summed E-state index contributed by atoms with van der Waals surface area (Å²) in [7, 11) is 0. The number of benzene rings is 2. The highest BCUT2D eigenvalue weighted by atomic mass is 79.9. The Morgan fingerprint density at radius 1 is 0.900 bits per heavy atom. The smallest absolute Gasteiger partial charge is 0.0453 e. The maximum atomic E-state index is 6.13. The number of rotatable bonds is 5. The van der Waals surface area contributed by atoms with Crippen LogP contribution in [0.15, 0.2) is 40.9 Å². The average molecular weight is 394 g/mol. The van der Waals surface area contributed by atoms with E-state index in [1.54, 1.807) is 6.07 Å². The van der Waals surface area contributed by atoms with Crippen LogP contribution in [0.3, 0.4) is 0 Å². The molecule has 0 atom stereocenters. The van der Waals surface area contributed by atoms with Gasteiger partial charge in [-0.2, -0.15) is 0 Å². The standard InChI is InChI=1S/C15H13BrCl3N/c16-14-7-12(17)4-2-11(14)9-20-6-5-10-1-3-13(18)8-15(10)19/h1-4,7-8,20H,5-6,9H2. The first-order chi connectivity index (χ1) is 9.56. The Hall–Kier alpha value is -0.250. The molecule has 0 radical (unpaired) electrons. The van der Waals surface area contributed by atoms with Gasteiger partial charge < -0.3 is 5.32 Å². The van der Waals surface area contributed by atoms with Gasteiger partial charge in [0, 0.05) is 26.1 Å². The van der Waals surface area contributed by atoms with Crippen molar-refractivity contribution in [2.75, 3.05) is 6.54 Å². The van der Waals surface area contributed by atoms with Crippen molar-refractivity contribution in [3.63, 3.8) is 0 Å². The molecule has 2 aromatic rings. The first kappa shape index (κ1) is 16.1. The summed E-state index contributed by atoms with van der Waals surface area (Å²) in [5.74, 6) is 0. The van der Waals surface area contributed by atoms with Crippen LogP contribution in [0.2, 0.25) is 15.1 Å². The number of nitrogens with one attached hydrogen (secondary N) is 1. The van der Waals surface area contributed by atoms with Gasteiger partial charge in [-0.15, -0.1) is 0 Å². The molecule has 0 amide bonds. The van der Waals surface area contributed by atoms with Crippen LogP contribution < -0.4 is 5.32 Å². The van der Waals surface area contributed by atoms with E-state index in [0.717, 1.165) is 34.6 Å². The van der Waals surface area contributed by atoms with E-state index in [-0.39, 0.29) is 0 Å². The second-order valence-corrected chi connectivity index (χ2v) is 6.53. The topological polar surface area (TPSA) is 12.0 Å². The van der Waals surface area contributed by atoms with E-state index in [0.29, 0.717) is 10.0 Å². The third kappa shape index (κ3) is 4.64. The molecule has 0 aliphatic rings. The molecule has 0 aliphatic heterocycles. The van der Waals surface area contributed by atoms with Gasteiger partial charge in [-0.05, 0) is 48.4 Å². The van der Waals surface area contributed by atoms with Gasteiger partial charge in [0.25, 0.3) is 0 Å². The summed E-state index contributed by atoms with van der Waals surface area (Å²) in [5.41, 5.74) is 2.27. The predicted octanol–water partition coefficient (Wildman–Crippen LogP) is 5.74. The fourth-order valence-corrected chi connectivity index (χ4v) is 3.16.